The standard InChI is InChI=1S/C19H31NO/c1-8-20-15(17-18(3,4)19(17,5)6)12-14-11-13(2)9-10-16(14)21-7/h9-11,15,17,20H,8,12H2,1-7H3. The van der Waals surface area contributed by atoms with Gasteiger partial charge in [-0.3, -0.25) is 0 Å². The highest BCUT2D eigenvalue weighted by Gasteiger charge is 2.66. The van der Waals surface area contributed by atoms with Gasteiger partial charge in [-0.15, -0.1) is 0 Å². The van der Waals surface area contributed by atoms with Gasteiger partial charge in [0.2, 0.25) is 0 Å². The fourth-order valence-electron chi connectivity index (χ4n) is 4.13. The molecular formula is C19H31NO. The van der Waals surface area contributed by atoms with Gasteiger partial charge in [0.1, 0.15) is 5.75 Å². The Morgan fingerprint density at radius 3 is 2.29 bits per heavy atom. The van der Waals surface area contributed by atoms with E-state index in [1.54, 1.807) is 7.11 Å². The number of rotatable bonds is 6. The molecule has 2 nitrogen and oxygen atoms in total. The van der Waals surface area contributed by atoms with Crippen LogP contribution in [-0.2, 0) is 6.42 Å². The Morgan fingerprint density at radius 2 is 1.81 bits per heavy atom. The van der Waals surface area contributed by atoms with Crippen LogP contribution >= 0.6 is 0 Å². The van der Waals surface area contributed by atoms with E-state index in [4.69, 9.17) is 4.74 Å². The predicted molar refractivity (Wildman–Crippen MR) is 90.0 cm³/mol. The van der Waals surface area contributed by atoms with Gasteiger partial charge in [-0.05, 0) is 48.3 Å². The molecule has 1 saturated carbocycles. The van der Waals surface area contributed by atoms with Crippen molar-refractivity contribution in [1.29, 1.82) is 0 Å². The van der Waals surface area contributed by atoms with E-state index in [0.717, 1.165) is 18.7 Å². The molecule has 1 aromatic carbocycles. The number of likely N-dealkylation sites (N-methyl/N-ethyl adjacent to an activating group) is 1. The van der Waals surface area contributed by atoms with E-state index in [9.17, 15) is 0 Å². The van der Waals surface area contributed by atoms with Crippen LogP contribution in [0.5, 0.6) is 5.75 Å². The predicted octanol–water partition coefficient (Wildman–Crippen LogP) is 4.21. The molecule has 1 aliphatic rings. The Hall–Kier alpha value is -1.02. The maximum Gasteiger partial charge on any atom is 0.122 e. The third-order valence-corrected chi connectivity index (χ3v) is 5.88. The Morgan fingerprint density at radius 1 is 1.19 bits per heavy atom. The summed E-state index contributed by atoms with van der Waals surface area (Å²) < 4.78 is 5.56. The quantitative estimate of drug-likeness (QED) is 0.847. The van der Waals surface area contributed by atoms with Gasteiger partial charge >= 0.3 is 0 Å². The van der Waals surface area contributed by atoms with E-state index >= 15 is 0 Å². The second-order valence-corrected chi connectivity index (χ2v) is 7.60. The molecule has 1 aromatic rings. The molecule has 118 valence electrons. The van der Waals surface area contributed by atoms with Crippen LogP contribution in [0, 0.1) is 23.7 Å². The number of hydrogen-bond acceptors (Lipinski definition) is 2. The summed E-state index contributed by atoms with van der Waals surface area (Å²) in [5, 5.41) is 3.72. The molecule has 1 N–H and O–H groups in total. The average Bonchev–Trinajstić information content (AvgIpc) is 2.79. The first kappa shape index (κ1) is 16.4. The van der Waals surface area contributed by atoms with Crippen molar-refractivity contribution < 1.29 is 4.74 Å². The molecule has 1 atom stereocenters. The van der Waals surface area contributed by atoms with Crippen molar-refractivity contribution in [3.8, 4) is 5.75 Å². The fraction of sp³-hybridized carbons (Fsp3) is 0.684. The zero-order chi connectivity index (χ0) is 15.8. The molecule has 0 aliphatic heterocycles. The third-order valence-electron chi connectivity index (χ3n) is 5.88. The topological polar surface area (TPSA) is 21.3 Å². The van der Waals surface area contributed by atoms with E-state index in [0.29, 0.717) is 22.8 Å². The summed E-state index contributed by atoms with van der Waals surface area (Å²) in [4.78, 5) is 0. The highest BCUT2D eigenvalue weighted by molar-refractivity contribution is 5.38. The normalized spacial score (nSPS) is 21.1. The molecule has 0 spiro atoms. The SMILES string of the molecule is CCNC(Cc1cc(C)ccc1OC)C1C(C)(C)C1(C)C. The van der Waals surface area contributed by atoms with Gasteiger partial charge in [-0.1, -0.05) is 52.3 Å². The summed E-state index contributed by atoms with van der Waals surface area (Å²) in [7, 11) is 1.77. The summed E-state index contributed by atoms with van der Waals surface area (Å²) in [5.74, 6) is 1.72. The highest BCUT2D eigenvalue weighted by atomic mass is 16.5. The molecule has 21 heavy (non-hydrogen) atoms. The van der Waals surface area contributed by atoms with Crippen LogP contribution in [0.25, 0.3) is 0 Å². The largest absolute Gasteiger partial charge is 0.496 e. The van der Waals surface area contributed by atoms with E-state index in [-0.39, 0.29) is 0 Å². The van der Waals surface area contributed by atoms with Gasteiger partial charge in [0, 0.05) is 6.04 Å². The van der Waals surface area contributed by atoms with E-state index in [1.165, 1.54) is 11.1 Å². The van der Waals surface area contributed by atoms with Crippen LogP contribution in [0.1, 0.15) is 45.7 Å². The zero-order valence-electron chi connectivity index (χ0n) is 14.7. The molecule has 0 heterocycles. The van der Waals surface area contributed by atoms with E-state index < -0.39 is 0 Å². The fourth-order valence-corrected chi connectivity index (χ4v) is 4.13. The summed E-state index contributed by atoms with van der Waals surface area (Å²) in [5.41, 5.74) is 3.42. The third kappa shape index (κ3) is 2.83. The van der Waals surface area contributed by atoms with E-state index in [2.05, 4.69) is 65.1 Å². The monoisotopic (exact) mass is 289 g/mol. The summed E-state index contributed by atoms with van der Waals surface area (Å²) >= 11 is 0. The van der Waals surface area contributed by atoms with Crippen molar-refractivity contribution in [3.05, 3.63) is 29.3 Å². The average molecular weight is 289 g/mol. The summed E-state index contributed by atoms with van der Waals surface area (Å²) in [6, 6.07) is 6.99. The summed E-state index contributed by atoms with van der Waals surface area (Å²) in [6.45, 7) is 15.0. The van der Waals surface area contributed by atoms with Crippen LogP contribution in [0.4, 0.5) is 0 Å². The van der Waals surface area contributed by atoms with Gasteiger partial charge < -0.3 is 10.1 Å². The van der Waals surface area contributed by atoms with Crippen LogP contribution in [-0.4, -0.2) is 19.7 Å². The zero-order valence-corrected chi connectivity index (χ0v) is 14.7. The van der Waals surface area contributed by atoms with Gasteiger partial charge in [-0.2, -0.15) is 0 Å². The van der Waals surface area contributed by atoms with Crippen LogP contribution in [0.3, 0.4) is 0 Å². The van der Waals surface area contributed by atoms with Crippen molar-refractivity contribution in [3.63, 3.8) is 0 Å². The number of benzene rings is 1. The molecule has 2 heteroatoms. The van der Waals surface area contributed by atoms with Crippen LogP contribution in [0.2, 0.25) is 0 Å². The molecular weight excluding hydrogens is 258 g/mol. The minimum Gasteiger partial charge on any atom is -0.496 e. The van der Waals surface area contributed by atoms with Crippen LogP contribution in [0.15, 0.2) is 18.2 Å². The second-order valence-electron chi connectivity index (χ2n) is 7.60. The molecule has 2 rings (SSSR count). The van der Waals surface area contributed by atoms with E-state index in [1.807, 2.05) is 0 Å². The van der Waals surface area contributed by atoms with Crippen molar-refractivity contribution in [1.82, 2.24) is 5.32 Å². The second kappa shape index (κ2) is 5.64. The minimum absolute atomic E-state index is 0.400. The number of ether oxygens (including phenoxy) is 1. The molecule has 1 fully saturated rings. The summed E-state index contributed by atoms with van der Waals surface area (Å²) in [6.07, 6.45) is 1.04. The number of nitrogens with one attached hydrogen (secondary N) is 1. The molecule has 0 bridgehead atoms. The van der Waals surface area contributed by atoms with Gasteiger partial charge in [-0.25, -0.2) is 0 Å². The Bertz CT molecular complexity index is 490. The Labute approximate surface area is 130 Å². The first-order valence-electron chi connectivity index (χ1n) is 8.12. The molecule has 0 aromatic heterocycles. The van der Waals surface area contributed by atoms with Crippen molar-refractivity contribution in [2.75, 3.05) is 13.7 Å². The first-order valence-corrected chi connectivity index (χ1v) is 8.12. The lowest BCUT2D eigenvalue weighted by molar-refractivity contribution is 0.382. The maximum atomic E-state index is 5.56. The van der Waals surface area contributed by atoms with Gasteiger partial charge in [0.15, 0.2) is 0 Å². The lowest BCUT2D eigenvalue weighted by atomic mass is 9.95. The Kier molecular flexibility index (Phi) is 4.39. The highest BCUT2D eigenvalue weighted by Crippen LogP contribution is 2.69. The Balaban J connectivity index is 2.24. The molecule has 0 saturated heterocycles. The number of aryl methyl sites for hydroxylation is 1. The molecule has 1 unspecified atom stereocenters. The van der Waals surface area contributed by atoms with Crippen molar-refractivity contribution in [2.24, 2.45) is 16.7 Å². The molecule has 1 aliphatic carbocycles. The van der Waals surface area contributed by atoms with Crippen LogP contribution < -0.4 is 10.1 Å². The van der Waals surface area contributed by atoms with Crippen molar-refractivity contribution >= 4 is 0 Å². The first-order chi connectivity index (χ1) is 9.75. The number of methoxy groups -OCH3 is 1. The lowest BCUT2D eigenvalue weighted by Crippen LogP contribution is -2.35. The van der Waals surface area contributed by atoms with Gasteiger partial charge in [0.25, 0.3) is 0 Å². The van der Waals surface area contributed by atoms with Gasteiger partial charge in [0.05, 0.1) is 7.11 Å². The smallest absolute Gasteiger partial charge is 0.122 e. The van der Waals surface area contributed by atoms with Crippen molar-refractivity contribution in [2.45, 2.75) is 54.0 Å². The molecule has 0 radical (unpaired) electrons. The maximum absolute atomic E-state index is 5.56. The molecule has 0 amide bonds. The number of hydrogen-bond donors (Lipinski definition) is 1. The minimum atomic E-state index is 0.400. The lowest BCUT2D eigenvalue weighted by Gasteiger charge is -2.22.